The Morgan fingerprint density at radius 2 is 1.56 bits per heavy atom. The van der Waals surface area contributed by atoms with Gasteiger partial charge in [-0.3, -0.25) is 4.98 Å². The van der Waals surface area contributed by atoms with E-state index in [-0.39, 0.29) is 0 Å². The van der Waals surface area contributed by atoms with Crippen LogP contribution < -0.4 is 0 Å². The summed E-state index contributed by atoms with van der Waals surface area (Å²) in [5.41, 5.74) is 5.66. The highest BCUT2D eigenvalue weighted by atomic mass is 16.3. The lowest BCUT2D eigenvalue weighted by atomic mass is 10.1. The summed E-state index contributed by atoms with van der Waals surface area (Å²) in [7, 11) is 0. The van der Waals surface area contributed by atoms with E-state index < -0.39 is 0 Å². The molecule has 0 saturated carbocycles. The first-order valence-corrected chi connectivity index (χ1v) is 8.56. The second kappa shape index (κ2) is 6.08. The van der Waals surface area contributed by atoms with E-state index in [1.165, 1.54) is 0 Å². The molecule has 0 aliphatic heterocycles. The number of para-hydroxylation sites is 1. The quantitative estimate of drug-likeness (QED) is 0.418. The van der Waals surface area contributed by atoms with E-state index in [1.807, 2.05) is 42.5 Å². The fraction of sp³-hybridized carbons (Fsp3) is 0. The molecule has 0 amide bonds. The number of aromatic nitrogens is 2. The van der Waals surface area contributed by atoms with Crippen LogP contribution in [0.5, 0.6) is 0 Å². The summed E-state index contributed by atoms with van der Waals surface area (Å²) < 4.78 is 5.99. The van der Waals surface area contributed by atoms with Crippen molar-refractivity contribution >= 4 is 21.9 Å². The van der Waals surface area contributed by atoms with Crippen LogP contribution in [0.25, 0.3) is 44.5 Å². The van der Waals surface area contributed by atoms with Gasteiger partial charge in [-0.15, -0.1) is 0 Å². The predicted octanol–water partition coefficient (Wildman–Crippen LogP) is 5.58. The first-order chi connectivity index (χ1) is 13.3. The minimum Gasteiger partial charge on any atom is -0.456 e. The van der Waals surface area contributed by atoms with Crippen LogP contribution in [0.2, 0.25) is 0 Å². The van der Waals surface area contributed by atoms with Crippen molar-refractivity contribution in [3.05, 3.63) is 84.7 Å². The zero-order chi connectivity index (χ0) is 18.2. The number of fused-ring (bicyclic) bond motifs is 3. The Morgan fingerprint density at radius 3 is 2.44 bits per heavy atom. The molecule has 3 aromatic heterocycles. The number of nitrogens with zero attached hydrogens (tertiary/aromatic N) is 3. The van der Waals surface area contributed by atoms with Crippen LogP contribution in [0.4, 0.5) is 0 Å². The summed E-state index contributed by atoms with van der Waals surface area (Å²) in [5, 5.41) is 11.3. The van der Waals surface area contributed by atoms with Gasteiger partial charge in [0.1, 0.15) is 17.2 Å². The maximum Gasteiger partial charge on any atom is 0.136 e. The lowest BCUT2D eigenvalue weighted by Crippen LogP contribution is -1.89. The first-order valence-electron chi connectivity index (χ1n) is 8.56. The van der Waals surface area contributed by atoms with Crippen LogP contribution in [-0.2, 0) is 0 Å². The largest absolute Gasteiger partial charge is 0.456 e. The number of pyridine rings is 2. The highest BCUT2D eigenvalue weighted by molar-refractivity contribution is 6.05. The second-order valence-electron chi connectivity index (χ2n) is 6.29. The third kappa shape index (κ3) is 2.62. The molecule has 0 aliphatic carbocycles. The van der Waals surface area contributed by atoms with Gasteiger partial charge in [-0.1, -0.05) is 30.3 Å². The molecule has 0 bridgehead atoms. The third-order valence-electron chi connectivity index (χ3n) is 4.59. The van der Waals surface area contributed by atoms with E-state index in [0.29, 0.717) is 5.56 Å². The Labute approximate surface area is 155 Å². The van der Waals surface area contributed by atoms with Gasteiger partial charge >= 0.3 is 0 Å². The van der Waals surface area contributed by atoms with Crippen LogP contribution >= 0.6 is 0 Å². The van der Waals surface area contributed by atoms with Gasteiger partial charge in [0.25, 0.3) is 0 Å². The molecule has 4 heteroatoms. The van der Waals surface area contributed by atoms with Crippen LogP contribution in [0.15, 0.2) is 83.5 Å². The fourth-order valence-corrected chi connectivity index (χ4v) is 3.28. The number of hydrogen-bond acceptors (Lipinski definition) is 4. The second-order valence-corrected chi connectivity index (χ2v) is 6.29. The minimum absolute atomic E-state index is 0.517. The molecule has 0 N–H and O–H groups in total. The minimum atomic E-state index is 0.517. The normalized spacial score (nSPS) is 10.9. The summed E-state index contributed by atoms with van der Waals surface area (Å²) in [6.45, 7) is 0. The van der Waals surface area contributed by atoms with E-state index in [4.69, 9.17) is 14.7 Å². The monoisotopic (exact) mass is 347 g/mol. The highest BCUT2D eigenvalue weighted by Crippen LogP contribution is 2.32. The fourth-order valence-electron chi connectivity index (χ4n) is 3.28. The molecule has 0 radical (unpaired) electrons. The molecule has 0 unspecified atom stereocenters. The number of furan rings is 1. The van der Waals surface area contributed by atoms with Crippen molar-refractivity contribution < 1.29 is 4.42 Å². The predicted molar refractivity (Wildman–Crippen MR) is 105 cm³/mol. The smallest absolute Gasteiger partial charge is 0.136 e. The molecule has 5 aromatic rings. The lowest BCUT2D eigenvalue weighted by molar-refractivity contribution is 0.669. The third-order valence-corrected chi connectivity index (χ3v) is 4.59. The Morgan fingerprint density at radius 1 is 0.741 bits per heavy atom. The molecule has 0 atom stereocenters. The average molecular weight is 347 g/mol. The molecule has 4 nitrogen and oxygen atoms in total. The Bertz CT molecular complexity index is 1340. The number of benzene rings is 2. The number of nitriles is 1. The molecule has 3 heterocycles. The van der Waals surface area contributed by atoms with Crippen LogP contribution in [0.1, 0.15) is 5.56 Å². The van der Waals surface area contributed by atoms with E-state index in [9.17, 15) is 0 Å². The van der Waals surface area contributed by atoms with Crippen molar-refractivity contribution in [3.63, 3.8) is 0 Å². The Hall–Kier alpha value is -3.97. The van der Waals surface area contributed by atoms with Gasteiger partial charge in [-0.05, 0) is 36.4 Å². The highest BCUT2D eigenvalue weighted by Gasteiger charge is 2.09. The van der Waals surface area contributed by atoms with Crippen LogP contribution in [0.3, 0.4) is 0 Å². The molecule has 0 spiro atoms. The Kier molecular flexibility index (Phi) is 3.44. The Balaban J connectivity index is 1.62. The zero-order valence-corrected chi connectivity index (χ0v) is 14.3. The molecule has 0 aliphatic rings. The number of rotatable bonds is 2. The lowest BCUT2D eigenvalue weighted by Gasteiger charge is -2.05. The van der Waals surface area contributed by atoms with Gasteiger partial charge in [0, 0.05) is 34.3 Å². The summed E-state index contributed by atoms with van der Waals surface area (Å²) >= 11 is 0. The summed E-state index contributed by atoms with van der Waals surface area (Å²) in [6, 6.07) is 23.9. The summed E-state index contributed by atoms with van der Waals surface area (Å²) in [5.74, 6) is 0. The molecule has 126 valence electrons. The maximum absolute atomic E-state index is 9.08. The first kappa shape index (κ1) is 15.3. The van der Waals surface area contributed by atoms with Crippen molar-refractivity contribution in [3.8, 4) is 28.6 Å². The van der Waals surface area contributed by atoms with Gasteiger partial charge in [0.15, 0.2) is 0 Å². The van der Waals surface area contributed by atoms with Crippen molar-refractivity contribution in [2.75, 3.05) is 0 Å². The van der Waals surface area contributed by atoms with Gasteiger partial charge in [-0.2, -0.15) is 5.26 Å². The summed E-state index contributed by atoms with van der Waals surface area (Å²) in [4.78, 5) is 8.88. The van der Waals surface area contributed by atoms with Gasteiger partial charge in [0.2, 0.25) is 0 Å². The molecule has 27 heavy (non-hydrogen) atoms. The number of hydrogen-bond donors (Lipinski definition) is 0. The molecule has 0 saturated heterocycles. The molecule has 0 fully saturated rings. The SMILES string of the molecule is N#Cc1cncc(-c2cccc(-c3ccc4c(c3)oc3ccccc34)n2)c1. The van der Waals surface area contributed by atoms with Gasteiger partial charge < -0.3 is 4.42 Å². The van der Waals surface area contributed by atoms with E-state index >= 15 is 0 Å². The molecule has 2 aromatic carbocycles. The zero-order valence-electron chi connectivity index (χ0n) is 14.3. The van der Waals surface area contributed by atoms with E-state index in [1.54, 1.807) is 18.5 Å². The van der Waals surface area contributed by atoms with Crippen molar-refractivity contribution in [2.45, 2.75) is 0 Å². The van der Waals surface area contributed by atoms with Crippen LogP contribution in [-0.4, -0.2) is 9.97 Å². The molecule has 5 rings (SSSR count). The molecular weight excluding hydrogens is 334 g/mol. The van der Waals surface area contributed by atoms with E-state index in [0.717, 1.165) is 44.5 Å². The van der Waals surface area contributed by atoms with Crippen LogP contribution in [0, 0.1) is 11.3 Å². The van der Waals surface area contributed by atoms with Gasteiger partial charge in [-0.25, -0.2) is 4.98 Å². The average Bonchev–Trinajstić information content (AvgIpc) is 3.11. The topological polar surface area (TPSA) is 62.7 Å². The van der Waals surface area contributed by atoms with Crippen molar-refractivity contribution in [1.29, 1.82) is 5.26 Å². The standard InChI is InChI=1S/C23H13N3O/c24-12-15-10-17(14-25-13-15)21-6-3-5-20(26-21)16-8-9-19-18-4-1-2-7-22(18)27-23(19)11-16/h1-11,13-14H. The summed E-state index contributed by atoms with van der Waals surface area (Å²) in [6.07, 6.45) is 3.26. The van der Waals surface area contributed by atoms with E-state index in [2.05, 4.69) is 29.3 Å². The van der Waals surface area contributed by atoms with Crippen molar-refractivity contribution in [1.82, 2.24) is 9.97 Å². The van der Waals surface area contributed by atoms with Gasteiger partial charge in [0.05, 0.1) is 17.0 Å². The van der Waals surface area contributed by atoms with Crippen molar-refractivity contribution in [2.24, 2.45) is 0 Å². The molecular formula is C23H13N3O. The maximum atomic E-state index is 9.08.